The van der Waals surface area contributed by atoms with E-state index in [1.54, 1.807) is 41.3 Å². The third kappa shape index (κ3) is 4.24. The molecule has 10 heteroatoms. The van der Waals surface area contributed by atoms with E-state index < -0.39 is 21.2 Å². The summed E-state index contributed by atoms with van der Waals surface area (Å²) < 4.78 is 33.0. The van der Waals surface area contributed by atoms with Gasteiger partial charge in [0.1, 0.15) is 0 Å². The van der Waals surface area contributed by atoms with Gasteiger partial charge in [-0.15, -0.1) is 11.8 Å². The second-order valence-electron chi connectivity index (χ2n) is 6.55. The molecule has 4 rings (SSSR count). The molecule has 0 spiro atoms. The number of hydrogen-bond donors (Lipinski definition) is 2. The number of amides is 2. The Hall–Kier alpha value is -2.56. The van der Waals surface area contributed by atoms with Gasteiger partial charge >= 0.3 is 0 Å². The lowest BCUT2D eigenvalue weighted by molar-refractivity contribution is -0.137. The van der Waals surface area contributed by atoms with Crippen LogP contribution in [-0.4, -0.2) is 56.7 Å². The van der Waals surface area contributed by atoms with Crippen molar-refractivity contribution in [2.75, 3.05) is 36.3 Å². The van der Waals surface area contributed by atoms with Crippen molar-refractivity contribution >= 4 is 45.0 Å². The summed E-state index contributed by atoms with van der Waals surface area (Å²) in [6.45, 7) is 1.82. The van der Waals surface area contributed by atoms with Crippen LogP contribution in [0.4, 0.5) is 11.4 Å². The first-order valence-electron chi connectivity index (χ1n) is 9.00. The molecular formula is C19H19N3O5S2. The van der Waals surface area contributed by atoms with Gasteiger partial charge in [0.2, 0.25) is 11.8 Å². The highest BCUT2D eigenvalue weighted by Gasteiger charge is 2.36. The Kier molecular flexibility index (Phi) is 5.48. The number of ether oxygens (including phenoxy) is 1. The third-order valence-electron chi connectivity index (χ3n) is 4.58. The van der Waals surface area contributed by atoms with Gasteiger partial charge in [0.15, 0.2) is 5.25 Å². The van der Waals surface area contributed by atoms with Crippen molar-refractivity contribution in [2.45, 2.75) is 15.0 Å². The zero-order valence-electron chi connectivity index (χ0n) is 15.3. The smallest absolute Gasteiger partial charge is 0.261 e. The van der Waals surface area contributed by atoms with Crippen molar-refractivity contribution < 1.29 is 22.7 Å². The number of benzene rings is 2. The molecule has 0 radical (unpaired) electrons. The van der Waals surface area contributed by atoms with Crippen LogP contribution in [0.1, 0.15) is 0 Å². The van der Waals surface area contributed by atoms with E-state index in [1.807, 2.05) is 0 Å². The van der Waals surface area contributed by atoms with Crippen LogP contribution in [0.15, 0.2) is 58.3 Å². The fourth-order valence-corrected chi connectivity index (χ4v) is 5.23. The minimum absolute atomic E-state index is 0.0268. The molecule has 0 unspecified atom stereocenters. The van der Waals surface area contributed by atoms with Crippen molar-refractivity contribution in [3.8, 4) is 0 Å². The lowest BCUT2D eigenvalue weighted by Crippen LogP contribution is -2.49. The maximum absolute atomic E-state index is 12.7. The van der Waals surface area contributed by atoms with Gasteiger partial charge in [-0.05, 0) is 30.3 Å². The number of carbonyl (C=O) groups is 2. The molecule has 152 valence electrons. The summed E-state index contributed by atoms with van der Waals surface area (Å²) in [7, 11) is -3.81. The molecule has 0 bridgehead atoms. The number of morpholine rings is 1. The molecule has 1 fully saturated rings. The van der Waals surface area contributed by atoms with Gasteiger partial charge in [-0.3, -0.25) is 14.3 Å². The Morgan fingerprint density at radius 2 is 1.86 bits per heavy atom. The molecule has 0 aliphatic carbocycles. The predicted molar refractivity (Wildman–Crippen MR) is 109 cm³/mol. The summed E-state index contributed by atoms with van der Waals surface area (Å²) in [6.07, 6.45) is 0. The average Bonchev–Trinajstić information content (AvgIpc) is 2.73. The van der Waals surface area contributed by atoms with E-state index in [-0.39, 0.29) is 10.8 Å². The minimum Gasteiger partial charge on any atom is -0.378 e. The van der Waals surface area contributed by atoms with Crippen molar-refractivity contribution in [3.63, 3.8) is 0 Å². The summed E-state index contributed by atoms with van der Waals surface area (Å²) in [6, 6.07) is 13.0. The van der Waals surface area contributed by atoms with E-state index in [0.29, 0.717) is 42.6 Å². The first kappa shape index (κ1) is 19.7. The number of sulfonamides is 1. The van der Waals surface area contributed by atoms with Crippen LogP contribution < -0.4 is 10.0 Å². The maximum atomic E-state index is 12.7. The van der Waals surface area contributed by atoms with Gasteiger partial charge < -0.3 is 15.0 Å². The third-order valence-corrected chi connectivity index (χ3v) is 7.22. The molecule has 29 heavy (non-hydrogen) atoms. The van der Waals surface area contributed by atoms with E-state index in [4.69, 9.17) is 4.74 Å². The number of nitrogens with one attached hydrogen (secondary N) is 2. The highest BCUT2D eigenvalue weighted by molar-refractivity contribution is 8.01. The Morgan fingerprint density at radius 1 is 1.14 bits per heavy atom. The number of rotatable bonds is 4. The second-order valence-corrected chi connectivity index (χ2v) is 9.38. The molecule has 2 aliphatic heterocycles. The molecule has 1 atom stereocenters. The van der Waals surface area contributed by atoms with Gasteiger partial charge in [0.05, 0.1) is 23.8 Å². The number of fused-ring (bicyclic) bond motifs is 1. The van der Waals surface area contributed by atoms with Gasteiger partial charge in [-0.1, -0.05) is 18.2 Å². The lowest BCUT2D eigenvalue weighted by atomic mass is 10.2. The Labute approximate surface area is 172 Å². The Bertz CT molecular complexity index is 1040. The normalized spacial score (nSPS) is 19.2. The maximum Gasteiger partial charge on any atom is 0.261 e. The monoisotopic (exact) mass is 433 g/mol. The highest BCUT2D eigenvalue weighted by Crippen LogP contribution is 2.38. The molecule has 2 heterocycles. The largest absolute Gasteiger partial charge is 0.378 e. The molecule has 2 aromatic carbocycles. The fraction of sp³-hybridized carbons (Fsp3) is 0.263. The fourth-order valence-electron chi connectivity index (χ4n) is 3.09. The zero-order valence-corrected chi connectivity index (χ0v) is 17.0. The molecule has 2 aliphatic rings. The van der Waals surface area contributed by atoms with Gasteiger partial charge in [0.25, 0.3) is 10.0 Å². The molecule has 2 amide bonds. The van der Waals surface area contributed by atoms with Crippen LogP contribution in [0.2, 0.25) is 0 Å². The van der Waals surface area contributed by atoms with Gasteiger partial charge in [-0.25, -0.2) is 8.42 Å². The molecule has 0 aromatic heterocycles. The topological polar surface area (TPSA) is 105 Å². The number of nitrogens with zero attached hydrogens (tertiary/aromatic N) is 1. The van der Waals surface area contributed by atoms with Crippen LogP contribution in [0.5, 0.6) is 0 Å². The van der Waals surface area contributed by atoms with Gasteiger partial charge in [-0.2, -0.15) is 0 Å². The van der Waals surface area contributed by atoms with E-state index in [9.17, 15) is 18.0 Å². The molecule has 8 nitrogen and oxygen atoms in total. The number of anilines is 2. The SMILES string of the molecule is O=C1Nc2cc(S(=O)(=O)Nc3ccccc3)ccc2S[C@H]1C(=O)N1CCOCC1. The zero-order chi connectivity index (χ0) is 20.4. The number of carbonyl (C=O) groups excluding carboxylic acids is 2. The van der Waals surface area contributed by atoms with Crippen LogP contribution in [-0.2, 0) is 24.3 Å². The number of hydrogen-bond acceptors (Lipinski definition) is 6. The van der Waals surface area contributed by atoms with E-state index in [2.05, 4.69) is 10.0 Å². The number of thioether (sulfide) groups is 1. The second kappa shape index (κ2) is 8.05. The highest BCUT2D eigenvalue weighted by atomic mass is 32.2. The first-order chi connectivity index (χ1) is 13.9. The van der Waals surface area contributed by atoms with E-state index in [0.717, 1.165) is 11.8 Å². The van der Waals surface area contributed by atoms with Crippen molar-refractivity contribution in [3.05, 3.63) is 48.5 Å². The summed E-state index contributed by atoms with van der Waals surface area (Å²) in [4.78, 5) is 27.5. The van der Waals surface area contributed by atoms with E-state index in [1.165, 1.54) is 12.1 Å². The first-order valence-corrected chi connectivity index (χ1v) is 11.4. The van der Waals surface area contributed by atoms with Crippen LogP contribution in [0.25, 0.3) is 0 Å². The van der Waals surface area contributed by atoms with Crippen molar-refractivity contribution in [1.82, 2.24) is 4.90 Å². The molecule has 2 N–H and O–H groups in total. The van der Waals surface area contributed by atoms with Crippen LogP contribution >= 0.6 is 11.8 Å². The quantitative estimate of drug-likeness (QED) is 0.712. The molecular weight excluding hydrogens is 414 g/mol. The Balaban J connectivity index is 1.54. The lowest BCUT2D eigenvalue weighted by Gasteiger charge is -2.31. The summed E-state index contributed by atoms with van der Waals surface area (Å²) in [5.74, 6) is -0.714. The molecule has 0 saturated carbocycles. The van der Waals surface area contributed by atoms with Crippen LogP contribution in [0.3, 0.4) is 0 Å². The van der Waals surface area contributed by atoms with Crippen LogP contribution in [0, 0.1) is 0 Å². The van der Waals surface area contributed by atoms with Crippen molar-refractivity contribution in [2.24, 2.45) is 0 Å². The standard InChI is InChI=1S/C19H19N3O5S2/c23-18-17(19(24)22-8-10-27-11-9-22)28-16-7-6-14(12-15(16)20-18)29(25,26)21-13-4-2-1-3-5-13/h1-7,12,17,21H,8-11H2,(H,20,23)/t17-/m1/s1. The van der Waals surface area contributed by atoms with E-state index >= 15 is 0 Å². The Morgan fingerprint density at radius 3 is 2.59 bits per heavy atom. The summed E-state index contributed by atoms with van der Waals surface area (Å²) in [5.41, 5.74) is 0.821. The predicted octanol–water partition coefficient (Wildman–Crippen LogP) is 1.76. The summed E-state index contributed by atoms with van der Waals surface area (Å²) >= 11 is 1.13. The summed E-state index contributed by atoms with van der Waals surface area (Å²) in [5, 5.41) is 1.78. The average molecular weight is 434 g/mol. The van der Waals surface area contributed by atoms with Crippen molar-refractivity contribution in [1.29, 1.82) is 0 Å². The molecule has 1 saturated heterocycles. The molecule has 2 aromatic rings. The van der Waals surface area contributed by atoms with Gasteiger partial charge in [0, 0.05) is 23.7 Å². The number of para-hydroxylation sites is 1. The minimum atomic E-state index is -3.81.